The van der Waals surface area contributed by atoms with Gasteiger partial charge >= 0.3 is 0 Å². The number of hydrogen-bond donors (Lipinski definition) is 0. The first-order valence-corrected chi connectivity index (χ1v) is 6.47. The third kappa shape index (κ3) is 3.11. The highest BCUT2D eigenvalue weighted by atomic mass is 35.5. The van der Waals surface area contributed by atoms with Gasteiger partial charge in [0.25, 0.3) is 5.95 Å². The molecule has 0 aliphatic carbocycles. The van der Waals surface area contributed by atoms with Gasteiger partial charge in [0.15, 0.2) is 0 Å². The number of rotatable bonds is 4. The molecule has 0 aromatic carbocycles. The molecule has 0 fully saturated rings. The topological polar surface area (TPSA) is 85.5 Å². The summed E-state index contributed by atoms with van der Waals surface area (Å²) >= 11 is 5.95. The lowest BCUT2D eigenvalue weighted by Gasteiger charge is -2.17. The summed E-state index contributed by atoms with van der Waals surface area (Å²) in [7, 11) is 1.87. The van der Waals surface area contributed by atoms with Crippen LogP contribution in [0, 0.1) is 0 Å². The second kappa shape index (κ2) is 5.80. The van der Waals surface area contributed by atoms with Crippen molar-refractivity contribution in [1.29, 1.82) is 0 Å². The molecule has 0 bridgehead atoms. The van der Waals surface area contributed by atoms with Gasteiger partial charge in [0.1, 0.15) is 12.7 Å². The van der Waals surface area contributed by atoms with Crippen molar-refractivity contribution in [2.24, 2.45) is 0 Å². The van der Waals surface area contributed by atoms with Crippen LogP contribution in [0.4, 0.5) is 5.95 Å². The van der Waals surface area contributed by atoms with Crippen LogP contribution < -0.4 is 4.90 Å². The van der Waals surface area contributed by atoms with Crippen LogP contribution in [-0.2, 0) is 6.54 Å². The van der Waals surface area contributed by atoms with Crippen LogP contribution in [0.3, 0.4) is 0 Å². The zero-order valence-electron chi connectivity index (χ0n) is 11.1. The first kappa shape index (κ1) is 13.4. The molecule has 3 aromatic rings. The normalized spacial score (nSPS) is 10.6. The Balaban J connectivity index is 1.88. The average molecular weight is 303 g/mol. The lowest BCUT2D eigenvalue weighted by molar-refractivity contribution is 0.771. The van der Waals surface area contributed by atoms with E-state index >= 15 is 0 Å². The Kier molecular flexibility index (Phi) is 3.69. The molecule has 0 aliphatic heterocycles. The van der Waals surface area contributed by atoms with E-state index in [0.717, 1.165) is 5.56 Å². The van der Waals surface area contributed by atoms with Crippen molar-refractivity contribution >= 4 is 17.5 Å². The van der Waals surface area contributed by atoms with Gasteiger partial charge in [-0.2, -0.15) is 24.7 Å². The summed E-state index contributed by atoms with van der Waals surface area (Å²) in [4.78, 5) is 22.2. The molecule has 106 valence electrons. The molecule has 9 heteroatoms. The summed E-state index contributed by atoms with van der Waals surface area (Å²) in [6, 6.07) is 3.86. The van der Waals surface area contributed by atoms with E-state index in [4.69, 9.17) is 11.6 Å². The van der Waals surface area contributed by atoms with Crippen molar-refractivity contribution in [3.05, 3.63) is 48.0 Å². The van der Waals surface area contributed by atoms with Crippen molar-refractivity contribution in [3.8, 4) is 5.95 Å². The van der Waals surface area contributed by atoms with Gasteiger partial charge in [0.05, 0.1) is 0 Å². The number of nitrogens with zero attached hydrogens (tertiary/aromatic N) is 8. The van der Waals surface area contributed by atoms with Crippen LogP contribution in [0.15, 0.2) is 37.2 Å². The maximum atomic E-state index is 5.95. The zero-order chi connectivity index (χ0) is 14.7. The smallest absolute Gasteiger partial charge is 0.258 e. The molecule has 0 N–H and O–H groups in total. The summed E-state index contributed by atoms with van der Waals surface area (Å²) in [5.41, 5.74) is 1.09. The predicted molar refractivity (Wildman–Crippen MR) is 76.1 cm³/mol. The highest BCUT2D eigenvalue weighted by Gasteiger charge is 2.11. The van der Waals surface area contributed by atoms with Crippen molar-refractivity contribution in [1.82, 2.24) is 34.7 Å². The summed E-state index contributed by atoms with van der Waals surface area (Å²) in [6.45, 7) is 0.625. The molecular weight excluding hydrogens is 292 g/mol. The third-order valence-corrected chi connectivity index (χ3v) is 2.89. The minimum atomic E-state index is 0.104. The van der Waals surface area contributed by atoms with E-state index < -0.39 is 0 Å². The van der Waals surface area contributed by atoms with Crippen molar-refractivity contribution < 1.29 is 0 Å². The van der Waals surface area contributed by atoms with Gasteiger partial charge in [-0.05, 0) is 29.3 Å². The molecule has 0 amide bonds. The van der Waals surface area contributed by atoms with Gasteiger partial charge in [0.2, 0.25) is 11.2 Å². The summed E-state index contributed by atoms with van der Waals surface area (Å²) in [5, 5.41) is 4.08. The molecule has 0 unspecified atom stereocenters. The summed E-state index contributed by atoms with van der Waals surface area (Å²) in [6.07, 6.45) is 6.38. The highest BCUT2D eigenvalue weighted by molar-refractivity contribution is 6.28. The molecular formula is C12H11ClN8. The third-order valence-electron chi connectivity index (χ3n) is 2.72. The van der Waals surface area contributed by atoms with E-state index in [1.807, 2.05) is 24.1 Å². The molecule has 3 rings (SSSR count). The van der Waals surface area contributed by atoms with Crippen LogP contribution in [0.1, 0.15) is 5.56 Å². The number of anilines is 1. The Morgan fingerprint density at radius 3 is 2.67 bits per heavy atom. The fourth-order valence-corrected chi connectivity index (χ4v) is 1.90. The van der Waals surface area contributed by atoms with E-state index in [1.54, 1.807) is 12.4 Å². The van der Waals surface area contributed by atoms with E-state index in [-0.39, 0.29) is 5.28 Å². The minimum Gasteiger partial charge on any atom is -0.339 e. The van der Waals surface area contributed by atoms with Crippen LogP contribution in [0.2, 0.25) is 5.28 Å². The molecule has 0 aliphatic rings. The van der Waals surface area contributed by atoms with Gasteiger partial charge in [-0.15, -0.1) is 0 Å². The average Bonchev–Trinajstić information content (AvgIpc) is 3.02. The van der Waals surface area contributed by atoms with E-state index in [1.165, 1.54) is 17.3 Å². The number of halogens is 1. The monoisotopic (exact) mass is 302 g/mol. The Labute approximate surface area is 125 Å². The summed E-state index contributed by atoms with van der Waals surface area (Å²) in [5.74, 6) is 0.779. The van der Waals surface area contributed by atoms with Gasteiger partial charge < -0.3 is 4.90 Å². The first-order chi connectivity index (χ1) is 10.2. The van der Waals surface area contributed by atoms with Crippen molar-refractivity contribution in [2.75, 3.05) is 11.9 Å². The lowest BCUT2D eigenvalue weighted by Crippen LogP contribution is -2.20. The molecule has 0 saturated carbocycles. The van der Waals surface area contributed by atoms with Gasteiger partial charge in [-0.1, -0.05) is 0 Å². The van der Waals surface area contributed by atoms with Crippen molar-refractivity contribution in [3.63, 3.8) is 0 Å². The molecule has 0 atom stereocenters. The Morgan fingerprint density at radius 2 is 1.95 bits per heavy atom. The van der Waals surface area contributed by atoms with Crippen LogP contribution in [0.5, 0.6) is 0 Å². The minimum absolute atomic E-state index is 0.104. The van der Waals surface area contributed by atoms with E-state index in [9.17, 15) is 0 Å². The fourth-order valence-electron chi connectivity index (χ4n) is 1.75. The number of pyridine rings is 1. The highest BCUT2D eigenvalue weighted by Crippen LogP contribution is 2.14. The van der Waals surface area contributed by atoms with Crippen LogP contribution in [0.25, 0.3) is 5.95 Å². The van der Waals surface area contributed by atoms with Gasteiger partial charge in [-0.3, -0.25) is 4.98 Å². The molecule has 21 heavy (non-hydrogen) atoms. The van der Waals surface area contributed by atoms with Gasteiger partial charge in [-0.25, -0.2) is 4.98 Å². The second-order valence-corrected chi connectivity index (χ2v) is 4.59. The maximum Gasteiger partial charge on any atom is 0.258 e. The second-order valence-electron chi connectivity index (χ2n) is 4.26. The predicted octanol–water partition coefficient (Wildman–Crippen LogP) is 1.14. The molecule has 8 nitrogen and oxygen atoms in total. The largest absolute Gasteiger partial charge is 0.339 e. The van der Waals surface area contributed by atoms with Crippen LogP contribution >= 0.6 is 11.6 Å². The fraction of sp³-hybridized carbons (Fsp3) is 0.167. The SMILES string of the molecule is CN(Cc1ccncc1)c1nc(Cl)nc(-n2cncn2)n1. The standard InChI is InChI=1S/C12H11ClN8/c1-20(6-9-2-4-14-5-3-9)11-17-10(13)18-12(19-11)21-8-15-7-16-21/h2-5,7-8H,6H2,1H3. The lowest BCUT2D eigenvalue weighted by atomic mass is 10.2. The summed E-state index contributed by atoms with van der Waals surface area (Å²) < 4.78 is 1.43. The van der Waals surface area contributed by atoms with Crippen molar-refractivity contribution in [2.45, 2.75) is 6.54 Å². The molecule has 0 spiro atoms. The molecule has 3 heterocycles. The zero-order valence-corrected chi connectivity index (χ0v) is 11.9. The Bertz CT molecular complexity index is 715. The maximum absolute atomic E-state index is 5.95. The molecule has 0 saturated heterocycles. The number of hydrogen-bond acceptors (Lipinski definition) is 7. The number of aromatic nitrogens is 7. The molecule has 0 radical (unpaired) electrons. The first-order valence-electron chi connectivity index (χ1n) is 6.09. The van der Waals surface area contributed by atoms with E-state index in [0.29, 0.717) is 18.4 Å². The Hall–Kier alpha value is -2.61. The van der Waals surface area contributed by atoms with Crippen LogP contribution in [-0.4, -0.2) is 41.7 Å². The van der Waals surface area contributed by atoms with Gasteiger partial charge in [0, 0.05) is 26.0 Å². The molecule has 3 aromatic heterocycles. The van der Waals surface area contributed by atoms with E-state index in [2.05, 4.69) is 30.0 Å². The Morgan fingerprint density at radius 1 is 1.14 bits per heavy atom. The quantitative estimate of drug-likeness (QED) is 0.714.